The maximum absolute atomic E-state index is 13.5. The molecule has 8 heteroatoms. The van der Waals surface area contributed by atoms with Crippen molar-refractivity contribution in [2.75, 3.05) is 0 Å². The normalized spacial score (nSPS) is 12.3. The first-order valence-corrected chi connectivity index (χ1v) is 6.97. The molecule has 0 aromatic carbocycles. The van der Waals surface area contributed by atoms with E-state index in [9.17, 15) is 13.6 Å². The minimum Gasteiger partial charge on any atom is -0.390 e. The number of halogens is 2. The van der Waals surface area contributed by atoms with Crippen molar-refractivity contribution in [2.24, 2.45) is 10.7 Å². The van der Waals surface area contributed by atoms with Crippen LogP contribution >= 0.6 is 0 Å². The lowest BCUT2D eigenvalue weighted by molar-refractivity contribution is 0.0128. The third-order valence-corrected chi connectivity index (χ3v) is 3.20. The number of rotatable bonds is 4. The smallest absolute Gasteiger partial charge is 0.286 e. The van der Waals surface area contributed by atoms with Gasteiger partial charge in [-0.15, -0.1) is 0 Å². The Labute approximate surface area is 131 Å². The molecule has 0 aliphatic heterocycles. The molecule has 122 valence electrons. The van der Waals surface area contributed by atoms with E-state index in [1.54, 1.807) is 0 Å². The Morgan fingerprint density at radius 3 is 2.70 bits per heavy atom. The van der Waals surface area contributed by atoms with Gasteiger partial charge in [-0.3, -0.25) is 14.8 Å². The van der Waals surface area contributed by atoms with Crippen molar-refractivity contribution in [3.05, 3.63) is 39.9 Å². The Bertz CT molecular complexity index is 793. The molecule has 0 saturated carbocycles. The second kappa shape index (κ2) is 6.23. The molecular weight excluding hydrogens is 304 g/mol. The van der Waals surface area contributed by atoms with E-state index < -0.39 is 11.6 Å². The molecule has 0 atom stereocenters. The number of hydrogen-bond donors (Lipinski definition) is 2. The van der Waals surface area contributed by atoms with E-state index >= 15 is 0 Å². The van der Waals surface area contributed by atoms with Gasteiger partial charge in [-0.2, -0.15) is 8.78 Å². The van der Waals surface area contributed by atoms with Gasteiger partial charge in [0.2, 0.25) is 5.95 Å². The van der Waals surface area contributed by atoms with E-state index in [0.717, 1.165) is 13.3 Å². The maximum atomic E-state index is 13.5. The van der Waals surface area contributed by atoms with E-state index in [4.69, 9.17) is 5.73 Å². The summed E-state index contributed by atoms with van der Waals surface area (Å²) < 4.78 is 27.0. The highest BCUT2D eigenvalue weighted by molar-refractivity contribution is 5.65. The molecule has 0 unspecified atom stereocenters. The fourth-order valence-corrected chi connectivity index (χ4v) is 2.18. The highest BCUT2D eigenvalue weighted by atomic mass is 19.3. The van der Waals surface area contributed by atoms with E-state index in [1.165, 1.54) is 18.3 Å². The van der Waals surface area contributed by atoms with Crippen LogP contribution in [-0.2, 0) is 5.92 Å². The average molecular weight is 321 g/mol. The second-order valence-corrected chi connectivity index (χ2v) is 5.40. The molecule has 0 aliphatic carbocycles. The van der Waals surface area contributed by atoms with Crippen molar-refractivity contribution in [2.45, 2.75) is 32.6 Å². The van der Waals surface area contributed by atoms with Crippen LogP contribution in [0, 0.1) is 0 Å². The monoisotopic (exact) mass is 321 g/mol. The summed E-state index contributed by atoms with van der Waals surface area (Å²) in [4.78, 5) is 26.4. The zero-order chi connectivity index (χ0) is 17.2. The second-order valence-electron chi connectivity index (χ2n) is 5.40. The van der Waals surface area contributed by atoms with Crippen LogP contribution < -0.4 is 11.3 Å². The maximum Gasteiger partial charge on any atom is 0.286 e. The first-order chi connectivity index (χ1) is 10.7. The van der Waals surface area contributed by atoms with E-state index in [1.807, 2.05) is 13.8 Å². The van der Waals surface area contributed by atoms with Gasteiger partial charge in [0, 0.05) is 24.2 Å². The lowest BCUT2D eigenvalue weighted by Gasteiger charge is -2.14. The standard InChI is InChI=1S/C15H17F2N5O/c1-8(2)11-12(21-14(20-7-18)22-13(11)23)9-4-5-19-10(6-9)15(3,16)17/h4-8H,1-3H3,(H3,18,20,21,22,23). The minimum atomic E-state index is -3.09. The van der Waals surface area contributed by atoms with Gasteiger partial charge in [0.15, 0.2) is 0 Å². The summed E-state index contributed by atoms with van der Waals surface area (Å²) in [6.07, 6.45) is 2.26. The number of aromatic amines is 1. The Morgan fingerprint density at radius 1 is 1.43 bits per heavy atom. The van der Waals surface area contributed by atoms with Gasteiger partial charge in [0.25, 0.3) is 11.5 Å². The predicted molar refractivity (Wildman–Crippen MR) is 84.1 cm³/mol. The molecule has 3 N–H and O–H groups in total. The van der Waals surface area contributed by atoms with Crippen LogP contribution in [0.3, 0.4) is 0 Å². The van der Waals surface area contributed by atoms with Gasteiger partial charge < -0.3 is 5.73 Å². The van der Waals surface area contributed by atoms with Gasteiger partial charge in [0.05, 0.1) is 12.0 Å². The van der Waals surface area contributed by atoms with Gasteiger partial charge in [-0.25, -0.2) is 9.98 Å². The fourth-order valence-electron chi connectivity index (χ4n) is 2.18. The van der Waals surface area contributed by atoms with Crippen LogP contribution in [0.25, 0.3) is 11.3 Å². The number of alkyl halides is 2. The fraction of sp³-hybridized carbons (Fsp3) is 0.333. The number of nitrogens with two attached hydrogens (primary N) is 1. The zero-order valence-electron chi connectivity index (χ0n) is 13.0. The van der Waals surface area contributed by atoms with Crippen LogP contribution in [0.15, 0.2) is 28.1 Å². The van der Waals surface area contributed by atoms with Crippen LogP contribution in [-0.4, -0.2) is 21.3 Å². The quantitative estimate of drug-likeness (QED) is 0.668. The summed E-state index contributed by atoms with van der Waals surface area (Å²) in [5.41, 5.74) is 5.49. The van der Waals surface area contributed by atoms with Gasteiger partial charge >= 0.3 is 0 Å². The van der Waals surface area contributed by atoms with Crippen molar-refractivity contribution in [1.82, 2.24) is 15.0 Å². The molecule has 0 fully saturated rings. The van der Waals surface area contributed by atoms with Crippen LogP contribution in [0.4, 0.5) is 14.7 Å². The minimum absolute atomic E-state index is 0.0125. The number of hydrogen-bond acceptors (Lipinski definition) is 4. The lowest BCUT2D eigenvalue weighted by atomic mass is 9.98. The SMILES string of the molecule is CC(C)c1c(-c2ccnc(C(C)(F)F)c2)nc(N=CN)[nH]c1=O. The summed E-state index contributed by atoms with van der Waals surface area (Å²) in [7, 11) is 0. The Balaban J connectivity index is 2.73. The number of nitrogens with one attached hydrogen (secondary N) is 1. The number of aromatic nitrogens is 3. The number of H-pyrrole nitrogens is 1. The summed E-state index contributed by atoms with van der Waals surface area (Å²) in [6.45, 7) is 4.40. The summed E-state index contributed by atoms with van der Waals surface area (Å²) in [5, 5.41) is 0. The Kier molecular flexibility index (Phi) is 4.53. The molecule has 2 aromatic rings. The average Bonchev–Trinajstić information content (AvgIpc) is 2.45. The van der Waals surface area contributed by atoms with E-state index in [2.05, 4.69) is 19.9 Å². The predicted octanol–water partition coefficient (Wildman–Crippen LogP) is 2.69. The van der Waals surface area contributed by atoms with E-state index in [-0.39, 0.29) is 23.1 Å². The van der Waals surface area contributed by atoms with Crippen molar-refractivity contribution in [3.8, 4) is 11.3 Å². The lowest BCUT2D eigenvalue weighted by Crippen LogP contribution is -2.17. The van der Waals surface area contributed by atoms with Crippen molar-refractivity contribution in [3.63, 3.8) is 0 Å². The van der Waals surface area contributed by atoms with Gasteiger partial charge in [0.1, 0.15) is 5.69 Å². The van der Waals surface area contributed by atoms with E-state index in [0.29, 0.717) is 11.1 Å². The molecule has 6 nitrogen and oxygen atoms in total. The first kappa shape index (κ1) is 16.7. The number of pyridine rings is 1. The molecule has 2 rings (SSSR count). The molecule has 2 heterocycles. The highest BCUT2D eigenvalue weighted by Gasteiger charge is 2.27. The molecule has 0 aliphatic rings. The topological polar surface area (TPSA) is 97.0 Å². The summed E-state index contributed by atoms with van der Waals surface area (Å²) in [6, 6.07) is 2.75. The molecule has 0 bridgehead atoms. The van der Waals surface area contributed by atoms with Crippen LogP contribution in [0.2, 0.25) is 0 Å². The molecule has 0 saturated heterocycles. The molecule has 2 aromatic heterocycles. The zero-order valence-corrected chi connectivity index (χ0v) is 13.0. The van der Waals surface area contributed by atoms with Crippen molar-refractivity contribution in [1.29, 1.82) is 0 Å². The number of aliphatic imine (C=N–C) groups is 1. The third-order valence-electron chi connectivity index (χ3n) is 3.20. The Morgan fingerprint density at radius 2 is 2.13 bits per heavy atom. The van der Waals surface area contributed by atoms with Crippen molar-refractivity contribution < 1.29 is 8.78 Å². The molecular formula is C15H17F2N5O. The Hall–Kier alpha value is -2.64. The van der Waals surface area contributed by atoms with Gasteiger partial charge in [-0.1, -0.05) is 13.8 Å². The summed E-state index contributed by atoms with van der Waals surface area (Å²) in [5.74, 6) is -3.23. The highest BCUT2D eigenvalue weighted by Crippen LogP contribution is 2.30. The van der Waals surface area contributed by atoms with Crippen LogP contribution in [0.1, 0.15) is 37.9 Å². The first-order valence-electron chi connectivity index (χ1n) is 6.97. The molecule has 0 spiro atoms. The summed E-state index contributed by atoms with van der Waals surface area (Å²) >= 11 is 0. The van der Waals surface area contributed by atoms with Crippen LogP contribution in [0.5, 0.6) is 0 Å². The van der Waals surface area contributed by atoms with Crippen molar-refractivity contribution >= 4 is 12.3 Å². The number of nitrogens with zero attached hydrogens (tertiary/aromatic N) is 3. The molecule has 0 radical (unpaired) electrons. The van der Waals surface area contributed by atoms with Gasteiger partial charge in [-0.05, 0) is 18.1 Å². The third kappa shape index (κ3) is 3.58. The molecule has 23 heavy (non-hydrogen) atoms. The largest absolute Gasteiger partial charge is 0.390 e. The molecule has 0 amide bonds.